The normalized spacial score (nSPS) is 32.8. The molecule has 0 unspecified atom stereocenters. The second-order valence-corrected chi connectivity index (χ2v) is 16.0. The van der Waals surface area contributed by atoms with E-state index in [-0.39, 0.29) is 22.0 Å². The molecule has 2 saturated heterocycles. The minimum atomic E-state index is -0.283. The van der Waals surface area contributed by atoms with Crippen LogP contribution in [-0.4, -0.2) is 23.1 Å². The van der Waals surface area contributed by atoms with Crippen molar-refractivity contribution in [1.29, 1.82) is 0 Å². The summed E-state index contributed by atoms with van der Waals surface area (Å²) in [4.78, 5) is 0. The highest BCUT2D eigenvalue weighted by Crippen LogP contribution is 2.68. The topological polar surface area (TPSA) is 9.23 Å². The van der Waals surface area contributed by atoms with Gasteiger partial charge in [0.2, 0.25) is 0 Å². The molecule has 0 spiro atoms. The van der Waals surface area contributed by atoms with Crippen LogP contribution in [0.25, 0.3) is 0 Å². The van der Waals surface area contributed by atoms with E-state index < -0.39 is 0 Å². The molecule has 2 heteroatoms. The molecule has 218 valence electrons. The Morgan fingerprint density at radius 3 is 1.95 bits per heavy atom. The Morgan fingerprint density at radius 1 is 0.780 bits per heavy atom. The van der Waals surface area contributed by atoms with E-state index in [0.29, 0.717) is 12.5 Å². The van der Waals surface area contributed by atoms with Gasteiger partial charge in [-0.3, -0.25) is 0 Å². The summed E-state index contributed by atoms with van der Waals surface area (Å²) in [6.45, 7) is 23.4. The van der Waals surface area contributed by atoms with E-state index in [1.54, 1.807) is 0 Å². The second-order valence-electron chi connectivity index (χ2n) is 16.0. The minimum absolute atomic E-state index is 0.119. The largest absolute Gasteiger partial charge is 0.359 e. The average molecular weight is 551 g/mol. The molecule has 0 bridgehead atoms. The van der Waals surface area contributed by atoms with Crippen LogP contribution >= 0.6 is 0 Å². The lowest BCUT2D eigenvalue weighted by molar-refractivity contribution is -0.968. The molecular weight excluding hydrogens is 498 g/mol. The van der Waals surface area contributed by atoms with E-state index in [1.807, 2.05) is 0 Å². The molecule has 3 aromatic rings. The Hall–Kier alpha value is -2.42. The van der Waals surface area contributed by atoms with Gasteiger partial charge in [-0.05, 0) is 65.0 Å². The van der Waals surface area contributed by atoms with Crippen LogP contribution in [0.15, 0.2) is 78.9 Å². The summed E-state index contributed by atoms with van der Waals surface area (Å²) in [5.74, 6) is 1.98. The summed E-state index contributed by atoms with van der Waals surface area (Å²) in [5, 5.41) is 0. The lowest BCUT2D eigenvalue weighted by atomic mass is 9.73. The van der Waals surface area contributed by atoms with Crippen molar-refractivity contribution < 1.29 is 9.22 Å². The Bertz CT molecular complexity index is 1350. The van der Waals surface area contributed by atoms with Crippen LogP contribution in [-0.2, 0) is 34.3 Å². The standard InChI is InChI=1S/C39H52NO/c1-28-24-40(25-30-21-32(36(2,3)4)23-33(22-30)37(5,6)7)27-39(31-17-13-10-14-18-31,35-20-19-34(28)38(35,40)8)41-26-29-15-11-9-12-16-29/h9-18,21-23,28,34-35H,19-20,24-27H2,1-8H3/q+1/t28-,34+,35+,38-,39+,40-/m1/s1. The first-order chi connectivity index (χ1) is 19.3. The van der Waals surface area contributed by atoms with Crippen molar-refractivity contribution in [2.75, 3.05) is 13.1 Å². The van der Waals surface area contributed by atoms with Crippen LogP contribution in [0.3, 0.4) is 0 Å². The third-order valence-corrected chi connectivity index (χ3v) is 11.5. The molecule has 41 heavy (non-hydrogen) atoms. The SMILES string of the molecule is C[C@@H]1C[N@@+]2(Cc3cc(C(C)(C)C)cc(C(C)(C)C)c3)C[C@](OCc3ccccc3)(c3ccccc3)[C@H]3CC[C@@H]1[C@]32C. The van der Waals surface area contributed by atoms with Crippen LogP contribution < -0.4 is 0 Å². The average Bonchev–Trinajstić information content (AvgIpc) is 3.47. The predicted molar refractivity (Wildman–Crippen MR) is 171 cm³/mol. The molecule has 1 aliphatic carbocycles. The van der Waals surface area contributed by atoms with E-state index in [4.69, 9.17) is 4.74 Å². The van der Waals surface area contributed by atoms with Gasteiger partial charge in [0.25, 0.3) is 0 Å². The summed E-state index contributed by atoms with van der Waals surface area (Å²) >= 11 is 0. The fourth-order valence-corrected chi connectivity index (χ4v) is 9.43. The van der Waals surface area contributed by atoms with Crippen molar-refractivity contribution in [2.45, 2.75) is 103 Å². The molecule has 6 atom stereocenters. The molecule has 0 aromatic heterocycles. The molecule has 6 rings (SSSR count). The van der Waals surface area contributed by atoms with Gasteiger partial charge >= 0.3 is 0 Å². The van der Waals surface area contributed by atoms with Crippen molar-refractivity contribution in [1.82, 2.24) is 0 Å². The third kappa shape index (κ3) is 4.61. The van der Waals surface area contributed by atoms with E-state index in [1.165, 1.54) is 47.2 Å². The fraction of sp³-hybridized carbons (Fsp3) is 0.538. The number of hydrogen-bond donors (Lipinski definition) is 0. The maximum Gasteiger partial charge on any atom is 0.151 e. The zero-order valence-corrected chi connectivity index (χ0v) is 26.8. The first-order valence-corrected chi connectivity index (χ1v) is 16.0. The maximum atomic E-state index is 7.33. The van der Waals surface area contributed by atoms with Gasteiger partial charge < -0.3 is 9.22 Å². The van der Waals surface area contributed by atoms with Crippen LogP contribution in [0.1, 0.15) is 96.0 Å². The zero-order valence-electron chi connectivity index (χ0n) is 26.8. The van der Waals surface area contributed by atoms with Gasteiger partial charge in [-0.2, -0.15) is 0 Å². The van der Waals surface area contributed by atoms with Crippen LogP contribution in [0.5, 0.6) is 0 Å². The third-order valence-electron chi connectivity index (χ3n) is 11.5. The number of ether oxygens (including phenoxy) is 1. The molecule has 3 aliphatic rings. The molecule has 1 saturated carbocycles. The molecule has 0 N–H and O–H groups in total. The molecule has 3 aromatic carbocycles. The minimum Gasteiger partial charge on any atom is -0.359 e. The van der Waals surface area contributed by atoms with Crippen LogP contribution in [0.4, 0.5) is 0 Å². The van der Waals surface area contributed by atoms with E-state index in [2.05, 4.69) is 134 Å². The Morgan fingerprint density at radius 2 is 1.37 bits per heavy atom. The Balaban J connectivity index is 1.48. The van der Waals surface area contributed by atoms with Crippen molar-refractivity contribution in [3.8, 4) is 0 Å². The van der Waals surface area contributed by atoms with Crippen LogP contribution in [0, 0.1) is 17.8 Å². The molecule has 2 nitrogen and oxygen atoms in total. The zero-order chi connectivity index (χ0) is 29.3. The highest BCUT2D eigenvalue weighted by atomic mass is 16.5. The number of quaternary nitrogens is 1. The van der Waals surface area contributed by atoms with Gasteiger partial charge in [0.15, 0.2) is 5.60 Å². The smallest absolute Gasteiger partial charge is 0.151 e. The van der Waals surface area contributed by atoms with Gasteiger partial charge in [0.1, 0.15) is 18.6 Å². The monoisotopic (exact) mass is 550 g/mol. The summed E-state index contributed by atoms with van der Waals surface area (Å²) in [6, 6.07) is 29.7. The van der Waals surface area contributed by atoms with Gasteiger partial charge in [-0.1, -0.05) is 115 Å². The van der Waals surface area contributed by atoms with E-state index in [9.17, 15) is 0 Å². The van der Waals surface area contributed by atoms with Crippen molar-refractivity contribution in [3.05, 3.63) is 107 Å². The van der Waals surface area contributed by atoms with Crippen LogP contribution in [0.2, 0.25) is 0 Å². The number of benzene rings is 3. The number of rotatable bonds is 6. The predicted octanol–water partition coefficient (Wildman–Crippen LogP) is 9.16. The Kier molecular flexibility index (Phi) is 6.87. The quantitative estimate of drug-likeness (QED) is 0.278. The summed E-state index contributed by atoms with van der Waals surface area (Å²) in [7, 11) is 0. The number of hydrogen-bond acceptors (Lipinski definition) is 1. The highest BCUT2D eigenvalue weighted by molar-refractivity contribution is 5.38. The van der Waals surface area contributed by atoms with Gasteiger partial charge in [0, 0.05) is 17.4 Å². The summed E-state index contributed by atoms with van der Waals surface area (Å²) in [6.07, 6.45) is 2.57. The second kappa shape index (κ2) is 9.81. The van der Waals surface area contributed by atoms with E-state index >= 15 is 0 Å². The molecule has 0 amide bonds. The van der Waals surface area contributed by atoms with Gasteiger partial charge in [-0.15, -0.1) is 0 Å². The van der Waals surface area contributed by atoms with E-state index in [0.717, 1.165) is 29.4 Å². The molecule has 3 fully saturated rings. The molecule has 2 aliphatic heterocycles. The van der Waals surface area contributed by atoms with Crippen molar-refractivity contribution >= 4 is 0 Å². The number of nitrogens with zero attached hydrogens (tertiary/aromatic N) is 1. The molecular formula is C39H52NO+. The first-order valence-electron chi connectivity index (χ1n) is 16.0. The first kappa shape index (κ1) is 28.7. The fourth-order valence-electron chi connectivity index (χ4n) is 9.43. The lowest BCUT2D eigenvalue weighted by Gasteiger charge is -2.44. The highest BCUT2D eigenvalue weighted by Gasteiger charge is 2.78. The lowest BCUT2D eigenvalue weighted by Crippen LogP contribution is -2.57. The van der Waals surface area contributed by atoms with Gasteiger partial charge in [-0.25, -0.2) is 0 Å². The summed E-state index contributed by atoms with van der Waals surface area (Å²) in [5.41, 5.74) is 7.23. The molecule has 2 heterocycles. The van der Waals surface area contributed by atoms with Gasteiger partial charge in [0.05, 0.1) is 19.1 Å². The Labute approximate surface area is 249 Å². The summed E-state index contributed by atoms with van der Waals surface area (Å²) < 4.78 is 8.48. The maximum absolute atomic E-state index is 7.33. The molecule has 0 radical (unpaired) electrons. The van der Waals surface area contributed by atoms with Crippen molar-refractivity contribution in [3.63, 3.8) is 0 Å². The van der Waals surface area contributed by atoms with Crippen molar-refractivity contribution in [2.24, 2.45) is 17.8 Å².